The highest BCUT2D eigenvalue weighted by Crippen LogP contribution is 2.25. The van der Waals surface area contributed by atoms with E-state index >= 15 is 0 Å². The highest BCUT2D eigenvalue weighted by molar-refractivity contribution is 6.18. The molecule has 0 aliphatic heterocycles. The summed E-state index contributed by atoms with van der Waals surface area (Å²) in [6.45, 7) is 1.29. The largest absolute Gasteiger partial charge is 0.494 e. The number of ether oxygens (including phenoxy) is 2. The molecule has 4 heteroatoms. The normalized spacial score (nSPS) is 10.7. The zero-order valence-electron chi connectivity index (χ0n) is 11.3. The van der Waals surface area contributed by atoms with Crippen LogP contribution in [0.1, 0.15) is 12.8 Å². The summed E-state index contributed by atoms with van der Waals surface area (Å²) < 4.78 is 11.3. The van der Waals surface area contributed by atoms with Gasteiger partial charge in [-0.1, -0.05) is 12.1 Å². The van der Waals surface area contributed by atoms with E-state index in [1.54, 1.807) is 0 Å². The van der Waals surface area contributed by atoms with Gasteiger partial charge >= 0.3 is 0 Å². The van der Waals surface area contributed by atoms with E-state index in [-0.39, 0.29) is 0 Å². The van der Waals surface area contributed by atoms with Gasteiger partial charge in [-0.2, -0.15) is 0 Å². The van der Waals surface area contributed by atoms with Crippen LogP contribution >= 0.6 is 23.2 Å². The highest BCUT2D eigenvalue weighted by atomic mass is 35.5. The van der Waals surface area contributed by atoms with Crippen molar-refractivity contribution in [3.8, 4) is 11.5 Å². The zero-order chi connectivity index (χ0) is 14.2. The summed E-state index contributed by atoms with van der Waals surface area (Å²) >= 11 is 11.3. The maximum Gasteiger partial charge on any atom is 0.119 e. The maximum absolute atomic E-state index is 5.63. The van der Waals surface area contributed by atoms with Crippen molar-refractivity contribution in [3.63, 3.8) is 0 Å². The van der Waals surface area contributed by atoms with Crippen LogP contribution in [-0.4, -0.2) is 25.0 Å². The highest BCUT2D eigenvalue weighted by Gasteiger charge is 2.00. The lowest BCUT2D eigenvalue weighted by Crippen LogP contribution is -1.98. The molecule has 0 heterocycles. The second kappa shape index (κ2) is 8.23. The van der Waals surface area contributed by atoms with Gasteiger partial charge in [0.05, 0.1) is 13.2 Å². The van der Waals surface area contributed by atoms with E-state index in [2.05, 4.69) is 0 Å². The first kappa shape index (κ1) is 15.3. The predicted octanol–water partition coefficient (Wildman–Crippen LogP) is 4.86. The van der Waals surface area contributed by atoms with Crippen LogP contribution in [0.25, 0.3) is 10.8 Å². The van der Waals surface area contributed by atoms with Crippen LogP contribution in [0, 0.1) is 0 Å². The van der Waals surface area contributed by atoms with E-state index in [1.807, 2.05) is 36.4 Å². The number of fused-ring (bicyclic) bond motifs is 1. The second-order valence-corrected chi connectivity index (χ2v) is 5.21. The molecule has 0 aliphatic rings. The topological polar surface area (TPSA) is 18.5 Å². The van der Waals surface area contributed by atoms with Crippen molar-refractivity contribution in [1.29, 1.82) is 0 Å². The molecule has 0 N–H and O–H groups in total. The molecule has 0 aromatic heterocycles. The molecule has 2 nitrogen and oxygen atoms in total. The third-order valence-corrected chi connectivity index (χ3v) is 3.41. The summed E-state index contributed by atoms with van der Waals surface area (Å²) in [4.78, 5) is 0. The van der Waals surface area contributed by atoms with Crippen LogP contribution in [0.5, 0.6) is 11.5 Å². The summed E-state index contributed by atoms with van der Waals surface area (Å²) in [5.41, 5.74) is 0. The lowest BCUT2D eigenvalue weighted by atomic mass is 10.1. The molecular weight excluding hydrogens is 295 g/mol. The molecule has 0 spiro atoms. The first-order valence-corrected chi connectivity index (χ1v) is 7.82. The van der Waals surface area contributed by atoms with Crippen LogP contribution in [-0.2, 0) is 0 Å². The molecule has 0 unspecified atom stereocenters. The maximum atomic E-state index is 5.63. The van der Waals surface area contributed by atoms with E-state index in [1.165, 1.54) is 0 Å². The Morgan fingerprint density at radius 1 is 0.700 bits per heavy atom. The summed E-state index contributed by atoms with van der Waals surface area (Å²) in [7, 11) is 0. The van der Waals surface area contributed by atoms with Crippen molar-refractivity contribution < 1.29 is 9.47 Å². The Balaban J connectivity index is 2.04. The third kappa shape index (κ3) is 4.46. The van der Waals surface area contributed by atoms with Gasteiger partial charge in [0.1, 0.15) is 11.5 Å². The quantitative estimate of drug-likeness (QED) is 0.512. The summed E-state index contributed by atoms with van der Waals surface area (Å²) in [5, 5.41) is 2.27. The van der Waals surface area contributed by atoms with E-state index in [4.69, 9.17) is 32.7 Å². The van der Waals surface area contributed by atoms with Crippen molar-refractivity contribution in [2.45, 2.75) is 12.8 Å². The molecule has 0 saturated heterocycles. The number of hydrogen-bond acceptors (Lipinski definition) is 2. The van der Waals surface area contributed by atoms with Crippen LogP contribution in [0.2, 0.25) is 0 Å². The average Bonchev–Trinajstić information content (AvgIpc) is 2.48. The fraction of sp³-hybridized carbons (Fsp3) is 0.375. The molecule has 0 aliphatic carbocycles. The Morgan fingerprint density at radius 2 is 1.15 bits per heavy atom. The Hall–Kier alpha value is -1.12. The number of alkyl halides is 2. The van der Waals surface area contributed by atoms with Crippen molar-refractivity contribution in [2.24, 2.45) is 0 Å². The molecular formula is C16H18Cl2O2. The van der Waals surface area contributed by atoms with Gasteiger partial charge in [0, 0.05) is 11.8 Å². The van der Waals surface area contributed by atoms with E-state index in [9.17, 15) is 0 Å². The van der Waals surface area contributed by atoms with Gasteiger partial charge in [0.15, 0.2) is 0 Å². The van der Waals surface area contributed by atoms with Gasteiger partial charge in [0.25, 0.3) is 0 Å². The monoisotopic (exact) mass is 312 g/mol. The Kier molecular flexibility index (Phi) is 6.28. The fourth-order valence-electron chi connectivity index (χ4n) is 1.87. The summed E-state index contributed by atoms with van der Waals surface area (Å²) in [6, 6.07) is 12.1. The standard InChI is InChI=1S/C16H18Cl2O2/c17-7-1-9-19-15-5-3-14-12-16(20-10-2-8-18)6-4-13(14)11-15/h3-6,11-12H,1-2,7-10H2. The summed E-state index contributed by atoms with van der Waals surface area (Å²) in [6.07, 6.45) is 1.71. The van der Waals surface area contributed by atoms with E-state index < -0.39 is 0 Å². The van der Waals surface area contributed by atoms with Gasteiger partial charge in [-0.15, -0.1) is 23.2 Å². The Morgan fingerprint density at radius 3 is 1.55 bits per heavy atom. The number of benzene rings is 2. The zero-order valence-corrected chi connectivity index (χ0v) is 12.8. The Bertz CT molecular complexity index is 494. The van der Waals surface area contributed by atoms with Gasteiger partial charge in [-0.25, -0.2) is 0 Å². The van der Waals surface area contributed by atoms with Crippen molar-refractivity contribution in [1.82, 2.24) is 0 Å². The minimum atomic E-state index is 0.622. The lowest BCUT2D eigenvalue weighted by Gasteiger charge is -2.08. The molecule has 0 radical (unpaired) electrons. The van der Waals surface area contributed by atoms with Crippen molar-refractivity contribution in [2.75, 3.05) is 25.0 Å². The molecule has 2 aromatic rings. The third-order valence-electron chi connectivity index (χ3n) is 2.88. The van der Waals surface area contributed by atoms with E-state index in [0.717, 1.165) is 35.1 Å². The van der Waals surface area contributed by atoms with Crippen molar-refractivity contribution >= 4 is 34.0 Å². The van der Waals surface area contributed by atoms with Gasteiger partial charge < -0.3 is 9.47 Å². The molecule has 2 rings (SSSR count). The molecule has 20 heavy (non-hydrogen) atoms. The molecule has 0 fully saturated rings. The Labute approximate surface area is 129 Å². The molecule has 2 aromatic carbocycles. The lowest BCUT2D eigenvalue weighted by molar-refractivity contribution is 0.318. The van der Waals surface area contributed by atoms with Crippen LogP contribution in [0.4, 0.5) is 0 Å². The molecule has 0 amide bonds. The first-order chi connectivity index (χ1) is 9.83. The minimum absolute atomic E-state index is 0.622. The van der Waals surface area contributed by atoms with Crippen LogP contribution < -0.4 is 9.47 Å². The predicted molar refractivity (Wildman–Crippen MR) is 85.6 cm³/mol. The number of rotatable bonds is 8. The van der Waals surface area contributed by atoms with E-state index in [0.29, 0.717) is 25.0 Å². The molecule has 108 valence electrons. The van der Waals surface area contributed by atoms with Gasteiger partial charge in [0.2, 0.25) is 0 Å². The van der Waals surface area contributed by atoms with Crippen molar-refractivity contribution in [3.05, 3.63) is 36.4 Å². The minimum Gasteiger partial charge on any atom is -0.494 e. The van der Waals surface area contributed by atoms with Crippen LogP contribution in [0.3, 0.4) is 0 Å². The van der Waals surface area contributed by atoms with Gasteiger partial charge in [-0.3, -0.25) is 0 Å². The molecule has 0 atom stereocenters. The average molecular weight is 313 g/mol. The summed E-state index contributed by atoms with van der Waals surface area (Å²) in [5.74, 6) is 2.99. The molecule has 0 saturated carbocycles. The fourth-order valence-corrected chi connectivity index (χ4v) is 2.09. The number of hydrogen-bond donors (Lipinski definition) is 0. The smallest absolute Gasteiger partial charge is 0.119 e. The second-order valence-electron chi connectivity index (χ2n) is 4.45. The number of halogens is 2. The molecule has 0 bridgehead atoms. The van der Waals surface area contributed by atoms with Gasteiger partial charge in [-0.05, 0) is 47.9 Å². The van der Waals surface area contributed by atoms with Crippen LogP contribution in [0.15, 0.2) is 36.4 Å². The first-order valence-electron chi connectivity index (χ1n) is 6.75. The SMILES string of the molecule is ClCCCOc1ccc2cc(OCCCCl)ccc2c1.